The topological polar surface area (TPSA) is 20.2 Å². The molecule has 2 rings (SSSR count). The highest BCUT2D eigenvalue weighted by Gasteiger charge is 2.27. The fourth-order valence-electron chi connectivity index (χ4n) is 2.56. The lowest BCUT2D eigenvalue weighted by molar-refractivity contribution is 0.0950. The highest BCUT2D eigenvalue weighted by Crippen LogP contribution is 2.37. The van der Waals surface area contributed by atoms with E-state index in [9.17, 15) is 5.11 Å². The van der Waals surface area contributed by atoms with Crippen LogP contribution in [-0.2, 0) is 0 Å². The maximum absolute atomic E-state index is 9.54. The number of hydrogen-bond donors (Lipinski definition) is 1. The number of hydrogen-bond acceptors (Lipinski definition) is 1. The van der Waals surface area contributed by atoms with E-state index in [1.165, 1.54) is 5.56 Å². The number of aliphatic hydroxyl groups is 1. The first-order valence-electron chi connectivity index (χ1n) is 5.50. The van der Waals surface area contributed by atoms with Crippen LogP contribution in [-0.4, -0.2) is 11.2 Å². The molecule has 1 saturated carbocycles. The molecule has 0 spiro atoms. The Bertz CT molecular complexity index is 281. The van der Waals surface area contributed by atoms with Crippen molar-refractivity contribution in [2.45, 2.75) is 38.2 Å². The van der Waals surface area contributed by atoms with Gasteiger partial charge >= 0.3 is 0 Å². The van der Waals surface area contributed by atoms with Gasteiger partial charge in [0.15, 0.2) is 0 Å². The van der Waals surface area contributed by atoms with Crippen LogP contribution in [0.15, 0.2) is 30.3 Å². The first-order chi connectivity index (χ1) is 6.77. The lowest BCUT2D eigenvalue weighted by atomic mass is 9.75. The molecule has 0 saturated heterocycles. The minimum atomic E-state index is -0.0648. The first-order valence-corrected chi connectivity index (χ1v) is 5.50. The molecule has 0 radical (unpaired) electrons. The summed E-state index contributed by atoms with van der Waals surface area (Å²) in [6.45, 7) is 2.25. The molecule has 14 heavy (non-hydrogen) atoms. The van der Waals surface area contributed by atoms with Crippen molar-refractivity contribution in [1.29, 1.82) is 0 Å². The molecule has 1 aromatic rings. The van der Waals surface area contributed by atoms with E-state index in [1.54, 1.807) is 0 Å². The van der Waals surface area contributed by atoms with E-state index in [0.717, 1.165) is 19.3 Å². The van der Waals surface area contributed by atoms with Gasteiger partial charge in [-0.3, -0.25) is 0 Å². The largest absolute Gasteiger partial charge is 0.393 e. The summed E-state index contributed by atoms with van der Waals surface area (Å²) < 4.78 is 0. The Kier molecular flexibility index (Phi) is 2.87. The van der Waals surface area contributed by atoms with Gasteiger partial charge in [-0.25, -0.2) is 0 Å². The third-order valence-corrected chi connectivity index (χ3v) is 3.37. The Hall–Kier alpha value is -0.820. The maximum Gasteiger partial charge on any atom is 0.0543 e. The van der Waals surface area contributed by atoms with Gasteiger partial charge < -0.3 is 5.11 Å². The van der Waals surface area contributed by atoms with Gasteiger partial charge in [0, 0.05) is 0 Å². The zero-order valence-electron chi connectivity index (χ0n) is 8.69. The van der Waals surface area contributed by atoms with Gasteiger partial charge in [-0.1, -0.05) is 37.3 Å². The van der Waals surface area contributed by atoms with Crippen LogP contribution in [0, 0.1) is 5.92 Å². The zero-order valence-corrected chi connectivity index (χ0v) is 8.69. The molecular formula is C13H18O. The van der Waals surface area contributed by atoms with Gasteiger partial charge in [0.25, 0.3) is 0 Å². The van der Waals surface area contributed by atoms with Crippen molar-refractivity contribution >= 4 is 0 Å². The standard InChI is InChI=1S/C13H18O/c1-10-9-12(14)7-8-13(10)11-5-3-2-4-6-11/h2-6,10,12-14H,7-9H2,1H3. The molecule has 1 aliphatic carbocycles. The van der Waals surface area contributed by atoms with Crippen LogP contribution in [0.25, 0.3) is 0 Å². The fourth-order valence-corrected chi connectivity index (χ4v) is 2.56. The molecule has 3 unspecified atom stereocenters. The molecular weight excluding hydrogens is 172 g/mol. The molecule has 0 amide bonds. The van der Waals surface area contributed by atoms with Crippen molar-refractivity contribution in [1.82, 2.24) is 0 Å². The Morgan fingerprint density at radius 1 is 1.14 bits per heavy atom. The average Bonchev–Trinajstić information content (AvgIpc) is 2.19. The molecule has 1 heteroatoms. The Balaban J connectivity index is 2.12. The average molecular weight is 190 g/mol. The molecule has 1 N–H and O–H groups in total. The van der Waals surface area contributed by atoms with Crippen LogP contribution < -0.4 is 0 Å². The molecule has 1 fully saturated rings. The van der Waals surface area contributed by atoms with Gasteiger partial charge in [-0.05, 0) is 36.7 Å². The second kappa shape index (κ2) is 4.14. The monoisotopic (exact) mass is 190 g/mol. The molecule has 0 aliphatic heterocycles. The molecule has 76 valence electrons. The predicted octanol–water partition coefficient (Wildman–Crippen LogP) is 2.95. The van der Waals surface area contributed by atoms with Crippen LogP contribution in [0.5, 0.6) is 0 Å². The van der Waals surface area contributed by atoms with Gasteiger partial charge in [-0.15, -0.1) is 0 Å². The summed E-state index contributed by atoms with van der Waals surface area (Å²) in [7, 11) is 0. The van der Waals surface area contributed by atoms with Crippen LogP contribution in [0.3, 0.4) is 0 Å². The summed E-state index contributed by atoms with van der Waals surface area (Å²) in [4.78, 5) is 0. The third kappa shape index (κ3) is 1.98. The fraction of sp³-hybridized carbons (Fsp3) is 0.538. The van der Waals surface area contributed by atoms with Crippen molar-refractivity contribution in [3.05, 3.63) is 35.9 Å². The van der Waals surface area contributed by atoms with E-state index < -0.39 is 0 Å². The molecule has 0 bridgehead atoms. The number of benzene rings is 1. The molecule has 1 aromatic carbocycles. The summed E-state index contributed by atoms with van der Waals surface area (Å²) in [6, 6.07) is 10.7. The van der Waals surface area contributed by atoms with Gasteiger partial charge in [-0.2, -0.15) is 0 Å². The summed E-state index contributed by atoms with van der Waals surface area (Å²) in [5.41, 5.74) is 1.44. The SMILES string of the molecule is CC1CC(O)CCC1c1ccccc1. The second-order valence-electron chi connectivity index (χ2n) is 4.46. The Labute approximate surface area is 85.8 Å². The maximum atomic E-state index is 9.54. The van der Waals surface area contributed by atoms with E-state index in [1.807, 2.05) is 0 Å². The minimum Gasteiger partial charge on any atom is -0.393 e. The van der Waals surface area contributed by atoms with Gasteiger partial charge in [0.2, 0.25) is 0 Å². The van der Waals surface area contributed by atoms with E-state index in [0.29, 0.717) is 11.8 Å². The molecule has 0 aromatic heterocycles. The van der Waals surface area contributed by atoms with E-state index in [4.69, 9.17) is 0 Å². The lowest BCUT2D eigenvalue weighted by Crippen LogP contribution is -2.24. The number of aliphatic hydroxyl groups excluding tert-OH is 1. The van der Waals surface area contributed by atoms with Crippen molar-refractivity contribution < 1.29 is 5.11 Å². The zero-order chi connectivity index (χ0) is 9.97. The van der Waals surface area contributed by atoms with E-state index in [-0.39, 0.29) is 6.10 Å². The van der Waals surface area contributed by atoms with Crippen LogP contribution in [0.1, 0.15) is 37.7 Å². The summed E-state index contributed by atoms with van der Waals surface area (Å²) in [5.74, 6) is 1.26. The van der Waals surface area contributed by atoms with Crippen molar-refractivity contribution in [3.63, 3.8) is 0 Å². The summed E-state index contributed by atoms with van der Waals surface area (Å²) >= 11 is 0. The second-order valence-corrected chi connectivity index (χ2v) is 4.46. The first kappa shape index (κ1) is 9.72. The van der Waals surface area contributed by atoms with Crippen molar-refractivity contribution in [3.8, 4) is 0 Å². The van der Waals surface area contributed by atoms with E-state index in [2.05, 4.69) is 37.3 Å². The van der Waals surface area contributed by atoms with Gasteiger partial charge in [0.1, 0.15) is 0 Å². The minimum absolute atomic E-state index is 0.0648. The van der Waals surface area contributed by atoms with Crippen LogP contribution >= 0.6 is 0 Å². The lowest BCUT2D eigenvalue weighted by Gasteiger charge is -2.32. The van der Waals surface area contributed by atoms with Crippen molar-refractivity contribution in [2.75, 3.05) is 0 Å². The van der Waals surface area contributed by atoms with Gasteiger partial charge in [0.05, 0.1) is 6.10 Å². The Morgan fingerprint density at radius 2 is 1.86 bits per heavy atom. The van der Waals surface area contributed by atoms with Crippen molar-refractivity contribution in [2.24, 2.45) is 5.92 Å². The highest BCUT2D eigenvalue weighted by molar-refractivity contribution is 5.20. The van der Waals surface area contributed by atoms with Crippen LogP contribution in [0.4, 0.5) is 0 Å². The molecule has 3 atom stereocenters. The smallest absolute Gasteiger partial charge is 0.0543 e. The molecule has 1 nitrogen and oxygen atoms in total. The normalized spacial score (nSPS) is 32.9. The third-order valence-electron chi connectivity index (χ3n) is 3.37. The molecule has 1 aliphatic rings. The predicted molar refractivity (Wildman–Crippen MR) is 58.2 cm³/mol. The Morgan fingerprint density at radius 3 is 2.50 bits per heavy atom. The summed E-state index contributed by atoms with van der Waals surface area (Å²) in [5, 5.41) is 9.54. The number of rotatable bonds is 1. The molecule has 0 heterocycles. The van der Waals surface area contributed by atoms with Crippen LogP contribution in [0.2, 0.25) is 0 Å². The quantitative estimate of drug-likeness (QED) is 0.722. The highest BCUT2D eigenvalue weighted by atomic mass is 16.3. The summed E-state index contributed by atoms with van der Waals surface area (Å²) in [6.07, 6.45) is 2.99. The van der Waals surface area contributed by atoms with E-state index >= 15 is 0 Å².